The lowest BCUT2D eigenvalue weighted by atomic mass is 10.1. The van der Waals surface area contributed by atoms with E-state index in [0.29, 0.717) is 18.3 Å². The Morgan fingerprint density at radius 2 is 1.94 bits per heavy atom. The van der Waals surface area contributed by atoms with Crippen LogP contribution in [0.15, 0.2) is 0 Å². The summed E-state index contributed by atoms with van der Waals surface area (Å²) in [5.74, 6) is 1.62. The molecule has 4 nitrogen and oxygen atoms in total. The number of hydrogen-bond acceptors (Lipinski definition) is 4. The highest BCUT2D eigenvalue weighted by Crippen LogP contribution is 2.27. The lowest BCUT2D eigenvalue weighted by Gasteiger charge is -2.18. The predicted molar refractivity (Wildman–Crippen MR) is 82.5 cm³/mol. The number of nitrogens with two attached hydrogens (primary N) is 1. The molecule has 0 radical (unpaired) electrons. The van der Waals surface area contributed by atoms with Crippen molar-refractivity contribution in [1.82, 2.24) is 9.97 Å². The summed E-state index contributed by atoms with van der Waals surface area (Å²) < 4.78 is 6.67. The molecule has 2 N–H and O–H groups in total. The Morgan fingerprint density at radius 1 is 1.28 bits per heavy atom. The largest absolute Gasteiger partial charge is 0.383 e. The van der Waals surface area contributed by atoms with E-state index in [9.17, 15) is 0 Å². The molecule has 0 saturated heterocycles. The van der Waals surface area contributed by atoms with Gasteiger partial charge in [-0.15, -0.1) is 0 Å². The number of nitrogens with zero attached hydrogens (tertiary/aromatic N) is 2. The summed E-state index contributed by atoms with van der Waals surface area (Å²) >= 11 is 2.21. The number of halogens is 1. The van der Waals surface area contributed by atoms with Gasteiger partial charge in [0.15, 0.2) is 5.82 Å². The van der Waals surface area contributed by atoms with Crippen molar-refractivity contribution < 1.29 is 4.74 Å². The lowest BCUT2D eigenvalue weighted by Crippen LogP contribution is -2.14. The van der Waals surface area contributed by atoms with Gasteiger partial charge in [0.25, 0.3) is 0 Å². The molecule has 1 aromatic rings. The van der Waals surface area contributed by atoms with E-state index in [1.807, 2.05) is 6.92 Å². The predicted octanol–water partition coefficient (Wildman–Crippen LogP) is 3.66. The summed E-state index contributed by atoms with van der Waals surface area (Å²) in [5.41, 5.74) is 6.99. The molecule has 0 aromatic carbocycles. The first-order valence-electron chi connectivity index (χ1n) is 6.45. The quantitative estimate of drug-likeness (QED) is 0.784. The topological polar surface area (TPSA) is 61.0 Å². The molecule has 0 saturated carbocycles. The first kappa shape index (κ1) is 15.6. The molecule has 0 aliphatic carbocycles. The van der Waals surface area contributed by atoms with Crippen LogP contribution in [0, 0.1) is 3.57 Å². The number of anilines is 1. The standard InChI is InChI=1S/C13H22IN3O/c1-5-7-9(18-6-2)13-16-11(8(3)4)10(14)12(15)17-13/h8-9H,5-7H2,1-4H3,(H2,15,16,17). The Balaban J connectivity index is 3.14. The average molecular weight is 363 g/mol. The fourth-order valence-electron chi connectivity index (χ4n) is 1.78. The van der Waals surface area contributed by atoms with Crippen LogP contribution in [0.25, 0.3) is 0 Å². The van der Waals surface area contributed by atoms with Crippen LogP contribution in [0.3, 0.4) is 0 Å². The fourth-order valence-corrected chi connectivity index (χ4v) is 2.64. The second-order valence-electron chi connectivity index (χ2n) is 4.55. The van der Waals surface area contributed by atoms with Gasteiger partial charge in [-0.05, 0) is 41.9 Å². The summed E-state index contributed by atoms with van der Waals surface area (Å²) in [6.45, 7) is 9.01. The van der Waals surface area contributed by atoms with Crippen LogP contribution in [0.4, 0.5) is 5.82 Å². The highest BCUT2D eigenvalue weighted by Gasteiger charge is 2.19. The molecule has 1 aromatic heterocycles. The van der Waals surface area contributed by atoms with Gasteiger partial charge < -0.3 is 10.5 Å². The summed E-state index contributed by atoms with van der Waals surface area (Å²) in [5, 5.41) is 0. The van der Waals surface area contributed by atoms with E-state index in [-0.39, 0.29) is 6.10 Å². The van der Waals surface area contributed by atoms with Gasteiger partial charge in [-0.3, -0.25) is 0 Å². The van der Waals surface area contributed by atoms with Crippen molar-refractivity contribution in [2.24, 2.45) is 0 Å². The molecule has 0 amide bonds. The van der Waals surface area contributed by atoms with Gasteiger partial charge in [0.05, 0.1) is 9.26 Å². The highest BCUT2D eigenvalue weighted by molar-refractivity contribution is 14.1. The van der Waals surface area contributed by atoms with Crippen LogP contribution < -0.4 is 5.73 Å². The van der Waals surface area contributed by atoms with Crippen molar-refractivity contribution in [2.75, 3.05) is 12.3 Å². The van der Waals surface area contributed by atoms with Gasteiger partial charge in [-0.25, -0.2) is 9.97 Å². The van der Waals surface area contributed by atoms with Crippen molar-refractivity contribution in [3.05, 3.63) is 15.1 Å². The minimum absolute atomic E-state index is 0.0446. The molecule has 0 spiro atoms. The molecular formula is C13H22IN3O. The third-order valence-electron chi connectivity index (χ3n) is 2.67. The molecular weight excluding hydrogens is 341 g/mol. The molecule has 5 heteroatoms. The van der Waals surface area contributed by atoms with Gasteiger partial charge >= 0.3 is 0 Å². The monoisotopic (exact) mass is 363 g/mol. The average Bonchev–Trinajstić information content (AvgIpc) is 2.32. The lowest BCUT2D eigenvalue weighted by molar-refractivity contribution is 0.0492. The molecule has 1 atom stereocenters. The maximum atomic E-state index is 5.98. The van der Waals surface area contributed by atoms with Crippen molar-refractivity contribution in [3.63, 3.8) is 0 Å². The number of aromatic nitrogens is 2. The van der Waals surface area contributed by atoms with E-state index in [1.165, 1.54) is 0 Å². The zero-order valence-corrected chi connectivity index (χ0v) is 13.7. The van der Waals surface area contributed by atoms with Crippen molar-refractivity contribution in [3.8, 4) is 0 Å². The molecule has 0 aliphatic heterocycles. The smallest absolute Gasteiger partial charge is 0.159 e. The fraction of sp³-hybridized carbons (Fsp3) is 0.692. The van der Waals surface area contributed by atoms with Gasteiger partial charge in [-0.1, -0.05) is 27.2 Å². The van der Waals surface area contributed by atoms with Gasteiger partial charge in [0.1, 0.15) is 11.9 Å². The van der Waals surface area contributed by atoms with E-state index in [4.69, 9.17) is 10.5 Å². The molecule has 102 valence electrons. The van der Waals surface area contributed by atoms with E-state index >= 15 is 0 Å². The Hall–Kier alpha value is -0.430. The van der Waals surface area contributed by atoms with Crippen molar-refractivity contribution in [1.29, 1.82) is 0 Å². The molecule has 0 fully saturated rings. The van der Waals surface area contributed by atoms with E-state index in [1.54, 1.807) is 0 Å². The first-order chi connectivity index (χ1) is 8.51. The third-order valence-corrected chi connectivity index (χ3v) is 3.78. The van der Waals surface area contributed by atoms with Crippen LogP contribution in [-0.2, 0) is 4.74 Å². The maximum Gasteiger partial charge on any atom is 0.159 e. The van der Waals surface area contributed by atoms with Crippen molar-refractivity contribution in [2.45, 2.75) is 52.6 Å². The number of rotatable bonds is 6. The zero-order valence-electron chi connectivity index (χ0n) is 11.5. The van der Waals surface area contributed by atoms with Crippen LogP contribution in [0.1, 0.15) is 64.1 Å². The van der Waals surface area contributed by atoms with Crippen LogP contribution in [0.5, 0.6) is 0 Å². The van der Waals surface area contributed by atoms with Gasteiger partial charge in [0.2, 0.25) is 0 Å². The molecule has 1 heterocycles. The van der Waals surface area contributed by atoms with E-state index in [0.717, 1.165) is 27.9 Å². The van der Waals surface area contributed by atoms with Crippen LogP contribution in [-0.4, -0.2) is 16.6 Å². The molecule has 1 unspecified atom stereocenters. The Bertz CT molecular complexity index is 390. The van der Waals surface area contributed by atoms with Crippen LogP contribution in [0.2, 0.25) is 0 Å². The van der Waals surface area contributed by atoms with E-state index < -0.39 is 0 Å². The SMILES string of the molecule is CCCC(OCC)c1nc(N)c(I)c(C(C)C)n1. The summed E-state index contributed by atoms with van der Waals surface area (Å²) in [7, 11) is 0. The number of hydrogen-bond donors (Lipinski definition) is 1. The summed E-state index contributed by atoms with van der Waals surface area (Å²) in [6, 6.07) is 0. The highest BCUT2D eigenvalue weighted by atomic mass is 127. The molecule has 0 aliphatic rings. The van der Waals surface area contributed by atoms with Crippen molar-refractivity contribution >= 4 is 28.4 Å². The molecule has 0 bridgehead atoms. The number of nitrogen functional groups attached to an aromatic ring is 1. The number of ether oxygens (including phenoxy) is 1. The summed E-state index contributed by atoms with van der Waals surface area (Å²) in [4.78, 5) is 9.03. The second-order valence-corrected chi connectivity index (χ2v) is 5.63. The first-order valence-corrected chi connectivity index (χ1v) is 7.53. The second kappa shape index (κ2) is 7.23. The van der Waals surface area contributed by atoms with E-state index in [2.05, 4.69) is 53.3 Å². The zero-order chi connectivity index (χ0) is 13.7. The minimum atomic E-state index is -0.0446. The Labute approximate surface area is 123 Å². The van der Waals surface area contributed by atoms with Gasteiger partial charge in [-0.2, -0.15) is 0 Å². The Morgan fingerprint density at radius 3 is 2.44 bits per heavy atom. The Kier molecular flexibility index (Phi) is 6.28. The van der Waals surface area contributed by atoms with Crippen LogP contribution >= 0.6 is 22.6 Å². The molecule has 18 heavy (non-hydrogen) atoms. The van der Waals surface area contributed by atoms with Gasteiger partial charge in [0, 0.05) is 6.61 Å². The third kappa shape index (κ3) is 3.78. The summed E-state index contributed by atoms with van der Waals surface area (Å²) in [6.07, 6.45) is 1.92. The maximum absolute atomic E-state index is 5.98. The minimum Gasteiger partial charge on any atom is -0.383 e. The normalized spacial score (nSPS) is 13.0. The molecule has 1 rings (SSSR count).